The normalized spacial score (nSPS) is 15.3. The second-order valence-corrected chi connectivity index (χ2v) is 9.17. The van der Waals surface area contributed by atoms with E-state index >= 15 is 0 Å². The lowest BCUT2D eigenvalue weighted by molar-refractivity contribution is 0.0377. The summed E-state index contributed by atoms with van der Waals surface area (Å²) in [7, 11) is 1.39. The SMILES string of the molecule is COC(=O)c1c(NC(=S)Nc2ccc(C(=O)OC(C)C)cc2)sc2c1CCC(C)C2. The number of esters is 2. The van der Waals surface area contributed by atoms with Gasteiger partial charge in [-0.25, -0.2) is 9.59 Å². The maximum Gasteiger partial charge on any atom is 0.341 e. The summed E-state index contributed by atoms with van der Waals surface area (Å²) in [6.45, 7) is 5.84. The van der Waals surface area contributed by atoms with E-state index in [1.165, 1.54) is 12.0 Å². The third-order valence-corrected chi connectivity index (χ3v) is 6.22. The van der Waals surface area contributed by atoms with E-state index in [0.29, 0.717) is 27.2 Å². The zero-order valence-electron chi connectivity index (χ0n) is 17.5. The molecular formula is C22H26N2O4S2. The molecule has 0 radical (unpaired) electrons. The van der Waals surface area contributed by atoms with Crippen LogP contribution >= 0.6 is 23.6 Å². The fourth-order valence-corrected chi connectivity index (χ4v) is 5.08. The Morgan fingerprint density at radius 2 is 1.87 bits per heavy atom. The van der Waals surface area contributed by atoms with Crippen LogP contribution in [0.1, 0.15) is 58.3 Å². The fourth-order valence-electron chi connectivity index (χ4n) is 3.39. The number of thiocarbonyl (C=S) groups is 1. The van der Waals surface area contributed by atoms with Gasteiger partial charge in [0.05, 0.1) is 24.3 Å². The summed E-state index contributed by atoms with van der Waals surface area (Å²) in [5, 5.41) is 7.32. The summed E-state index contributed by atoms with van der Waals surface area (Å²) in [6.07, 6.45) is 2.71. The first-order chi connectivity index (χ1) is 14.3. The number of hydrogen-bond donors (Lipinski definition) is 2. The van der Waals surface area contributed by atoms with Crippen molar-refractivity contribution in [3.05, 3.63) is 45.8 Å². The first-order valence-corrected chi connectivity index (χ1v) is 11.1. The number of fused-ring (bicyclic) bond motifs is 1. The highest BCUT2D eigenvalue weighted by atomic mass is 32.1. The smallest absolute Gasteiger partial charge is 0.341 e. The quantitative estimate of drug-likeness (QED) is 0.492. The molecule has 0 saturated heterocycles. The van der Waals surface area contributed by atoms with Gasteiger partial charge < -0.3 is 20.1 Å². The van der Waals surface area contributed by atoms with Crippen molar-refractivity contribution in [2.75, 3.05) is 17.7 Å². The minimum Gasteiger partial charge on any atom is -0.465 e. The third-order valence-electron chi connectivity index (χ3n) is 4.85. The summed E-state index contributed by atoms with van der Waals surface area (Å²) in [6, 6.07) is 6.88. The van der Waals surface area contributed by atoms with Crippen molar-refractivity contribution < 1.29 is 19.1 Å². The number of anilines is 2. The van der Waals surface area contributed by atoms with Gasteiger partial charge >= 0.3 is 11.9 Å². The first-order valence-electron chi connectivity index (χ1n) is 9.90. The molecular weight excluding hydrogens is 420 g/mol. The van der Waals surface area contributed by atoms with E-state index in [0.717, 1.165) is 30.5 Å². The molecule has 1 aromatic heterocycles. The second kappa shape index (κ2) is 9.57. The van der Waals surface area contributed by atoms with E-state index in [2.05, 4.69) is 17.6 Å². The van der Waals surface area contributed by atoms with Crippen LogP contribution in [0.25, 0.3) is 0 Å². The number of ether oxygens (including phenoxy) is 2. The summed E-state index contributed by atoms with van der Waals surface area (Å²) < 4.78 is 10.2. The maximum absolute atomic E-state index is 12.4. The molecule has 1 unspecified atom stereocenters. The highest BCUT2D eigenvalue weighted by Gasteiger charge is 2.28. The molecule has 0 bridgehead atoms. The second-order valence-electron chi connectivity index (χ2n) is 7.66. The van der Waals surface area contributed by atoms with Crippen LogP contribution in [0.2, 0.25) is 0 Å². The van der Waals surface area contributed by atoms with E-state index < -0.39 is 0 Å². The molecule has 30 heavy (non-hydrogen) atoms. The average Bonchev–Trinajstić information content (AvgIpc) is 3.03. The van der Waals surface area contributed by atoms with Crippen LogP contribution in [0.5, 0.6) is 0 Å². The molecule has 0 fully saturated rings. The van der Waals surface area contributed by atoms with Crippen LogP contribution in [0.15, 0.2) is 24.3 Å². The Hall–Kier alpha value is -2.45. The number of rotatable bonds is 5. The van der Waals surface area contributed by atoms with E-state index in [-0.39, 0.29) is 18.0 Å². The van der Waals surface area contributed by atoms with Crippen molar-refractivity contribution in [2.24, 2.45) is 5.92 Å². The first kappa shape index (κ1) is 22.2. The standard InChI is InChI=1S/C22H26N2O4S2/c1-12(2)28-20(25)14-6-8-15(9-7-14)23-22(29)24-19-18(21(26)27-4)16-10-5-13(3)11-17(16)30-19/h6-9,12-13H,5,10-11H2,1-4H3,(H2,23,24,29). The molecule has 6 nitrogen and oxygen atoms in total. The molecule has 1 aromatic carbocycles. The van der Waals surface area contributed by atoms with Gasteiger partial charge in [0.25, 0.3) is 0 Å². The minimum atomic E-state index is -0.363. The van der Waals surface area contributed by atoms with Gasteiger partial charge in [-0.2, -0.15) is 0 Å². The Morgan fingerprint density at radius 1 is 1.17 bits per heavy atom. The minimum absolute atomic E-state index is 0.171. The zero-order valence-corrected chi connectivity index (χ0v) is 19.2. The molecule has 1 heterocycles. The van der Waals surface area contributed by atoms with Crippen molar-refractivity contribution in [3.8, 4) is 0 Å². The Kier molecular flexibility index (Phi) is 7.10. The topological polar surface area (TPSA) is 76.7 Å². The lowest BCUT2D eigenvalue weighted by Gasteiger charge is -2.18. The molecule has 2 N–H and O–H groups in total. The van der Waals surface area contributed by atoms with Crippen LogP contribution < -0.4 is 10.6 Å². The molecule has 0 amide bonds. The van der Waals surface area contributed by atoms with Crippen LogP contribution in [-0.2, 0) is 22.3 Å². The number of methoxy groups -OCH3 is 1. The van der Waals surface area contributed by atoms with Gasteiger partial charge in [-0.15, -0.1) is 11.3 Å². The van der Waals surface area contributed by atoms with E-state index in [1.54, 1.807) is 35.6 Å². The van der Waals surface area contributed by atoms with Crippen molar-refractivity contribution in [3.63, 3.8) is 0 Å². The highest BCUT2D eigenvalue weighted by Crippen LogP contribution is 2.40. The summed E-state index contributed by atoms with van der Waals surface area (Å²) in [5.74, 6) is -0.112. The summed E-state index contributed by atoms with van der Waals surface area (Å²) in [5.41, 5.74) is 2.85. The molecule has 1 aliphatic rings. The molecule has 1 aliphatic carbocycles. The molecule has 3 rings (SSSR count). The maximum atomic E-state index is 12.4. The van der Waals surface area contributed by atoms with Gasteiger partial charge in [0, 0.05) is 10.6 Å². The van der Waals surface area contributed by atoms with Crippen LogP contribution in [0, 0.1) is 5.92 Å². The average molecular weight is 447 g/mol. The molecule has 0 spiro atoms. The van der Waals surface area contributed by atoms with Gasteiger partial charge in [-0.3, -0.25) is 0 Å². The molecule has 160 valence electrons. The number of carbonyl (C=O) groups excluding carboxylic acids is 2. The Labute approximate surface area is 186 Å². The highest BCUT2D eigenvalue weighted by molar-refractivity contribution is 7.80. The fraction of sp³-hybridized carbons (Fsp3) is 0.409. The molecule has 0 aliphatic heterocycles. The van der Waals surface area contributed by atoms with Gasteiger partial charge in [0.1, 0.15) is 5.00 Å². The predicted octanol–water partition coefficient (Wildman–Crippen LogP) is 5.03. The molecule has 8 heteroatoms. The largest absolute Gasteiger partial charge is 0.465 e. The molecule has 1 atom stereocenters. The Balaban J connectivity index is 1.72. The third kappa shape index (κ3) is 5.17. The zero-order chi connectivity index (χ0) is 21.8. The van der Waals surface area contributed by atoms with Crippen molar-refractivity contribution in [2.45, 2.75) is 46.1 Å². The van der Waals surface area contributed by atoms with Crippen LogP contribution in [0.4, 0.5) is 10.7 Å². The number of hydrogen-bond acceptors (Lipinski definition) is 6. The van der Waals surface area contributed by atoms with Crippen LogP contribution in [-0.4, -0.2) is 30.3 Å². The number of benzene rings is 1. The van der Waals surface area contributed by atoms with Gasteiger partial charge in [-0.05, 0) is 81.1 Å². The molecule has 0 saturated carbocycles. The van der Waals surface area contributed by atoms with Crippen molar-refractivity contribution in [1.82, 2.24) is 0 Å². The van der Waals surface area contributed by atoms with Crippen molar-refractivity contribution in [1.29, 1.82) is 0 Å². The Morgan fingerprint density at radius 3 is 2.50 bits per heavy atom. The van der Waals surface area contributed by atoms with Crippen LogP contribution in [0.3, 0.4) is 0 Å². The summed E-state index contributed by atoms with van der Waals surface area (Å²) in [4.78, 5) is 25.6. The molecule has 2 aromatic rings. The number of carbonyl (C=O) groups is 2. The summed E-state index contributed by atoms with van der Waals surface area (Å²) >= 11 is 7.01. The Bertz CT molecular complexity index is 951. The van der Waals surface area contributed by atoms with E-state index in [1.807, 2.05) is 13.8 Å². The monoisotopic (exact) mass is 446 g/mol. The van der Waals surface area contributed by atoms with Gasteiger partial charge in [0.15, 0.2) is 5.11 Å². The van der Waals surface area contributed by atoms with Gasteiger partial charge in [-0.1, -0.05) is 6.92 Å². The lowest BCUT2D eigenvalue weighted by atomic mass is 9.88. The van der Waals surface area contributed by atoms with Crippen molar-refractivity contribution >= 4 is 51.3 Å². The van der Waals surface area contributed by atoms with E-state index in [9.17, 15) is 9.59 Å². The predicted molar refractivity (Wildman–Crippen MR) is 124 cm³/mol. The number of thiophene rings is 1. The number of nitrogens with one attached hydrogen (secondary N) is 2. The van der Waals surface area contributed by atoms with E-state index in [4.69, 9.17) is 21.7 Å². The lowest BCUT2D eigenvalue weighted by Crippen LogP contribution is -2.20. The van der Waals surface area contributed by atoms with Gasteiger partial charge in [0.2, 0.25) is 0 Å².